The minimum Gasteiger partial charge on any atom is -0.462 e. The molecule has 0 amide bonds. The van der Waals surface area contributed by atoms with E-state index in [0.29, 0.717) is 10.9 Å². The number of benzene rings is 1. The zero-order valence-electron chi connectivity index (χ0n) is 9.95. The Bertz CT molecular complexity index is 514. The largest absolute Gasteiger partial charge is 0.462 e. The quantitative estimate of drug-likeness (QED) is 0.613. The molecular formula is C12H10BrF2NO3. The molecule has 4 nitrogen and oxygen atoms in total. The molecule has 0 aliphatic rings. The first-order chi connectivity index (χ1) is 9.03. The fourth-order valence-corrected chi connectivity index (χ4v) is 1.87. The van der Waals surface area contributed by atoms with Crippen LogP contribution >= 0.6 is 15.9 Å². The van der Waals surface area contributed by atoms with E-state index in [0.717, 1.165) is 6.07 Å². The van der Waals surface area contributed by atoms with Gasteiger partial charge in [-0.15, -0.1) is 0 Å². The molecule has 0 saturated carbocycles. The Hall–Kier alpha value is -1.68. The summed E-state index contributed by atoms with van der Waals surface area (Å²) < 4.78 is 33.6. The molecule has 0 radical (unpaired) electrons. The Balaban J connectivity index is 3.32. The Morgan fingerprint density at radius 2 is 2.21 bits per heavy atom. The zero-order valence-corrected chi connectivity index (χ0v) is 11.5. The lowest BCUT2D eigenvalue weighted by Gasteiger charge is -2.12. The second-order valence-electron chi connectivity index (χ2n) is 3.35. The van der Waals surface area contributed by atoms with Gasteiger partial charge in [0, 0.05) is 5.33 Å². The van der Waals surface area contributed by atoms with Crippen molar-refractivity contribution in [1.82, 2.24) is 0 Å². The highest BCUT2D eigenvalue weighted by atomic mass is 79.9. The SMILES string of the molecule is CCOC(=O)c1cc(CBr)c(C#N)cc1OC(F)F. The number of esters is 1. The molecule has 0 spiro atoms. The van der Waals surface area contributed by atoms with Crippen molar-refractivity contribution >= 4 is 21.9 Å². The van der Waals surface area contributed by atoms with E-state index in [4.69, 9.17) is 10.00 Å². The number of ether oxygens (including phenoxy) is 2. The molecule has 0 bridgehead atoms. The molecule has 0 saturated heterocycles. The molecule has 0 aliphatic carbocycles. The second-order valence-corrected chi connectivity index (χ2v) is 3.91. The van der Waals surface area contributed by atoms with Crippen LogP contribution in [0.3, 0.4) is 0 Å². The minimum absolute atomic E-state index is 0.108. The molecular weight excluding hydrogens is 324 g/mol. The lowest BCUT2D eigenvalue weighted by molar-refractivity contribution is -0.0504. The predicted molar refractivity (Wildman–Crippen MR) is 66.4 cm³/mol. The number of rotatable bonds is 5. The van der Waals surface area contributed by atoms with Crippen molar-refractivity contribution in [3.05, 3.63) is 28.8 Å². The summed E-state index contributed by atoms with van der Waals surface area (Å²) in [4.78, 5) is 11.7. The number of hydrogen-bond donors (Lipinski definition) is 0. The second kappa shape index (κ2) is 7.04. The summed E-state index contributed by atoms with van der Waals surface area (Å²) >= 11 is 3.15. The maximum Gasteiger partial charge on any atom is 0.387 e. The summed E-state index contributed by atoms with van der Waals surface area (Å²) in [6.07, 6.45) is 0. The van der Waals surface area contributed by atoms with Crippen molar-refractivity contribution in [3.63, 3.8) is 0 Å². The Kier molecular flexibility index (Phi) is 5.70. The standard InChI is InChI=1S/C12H10BrF2NO3/c1-2-18-11(17)9-3-7(5-13)8(6-16)4-10(9)19-12(14)15/h3-4,12H,2,5H2,1H3. The molecule has 0 aliphatic heterocycles. The van der Waals surface area contributed by atoms with Gasteiger partial charge in [0.25, 0.3) is 0 Å². The summed E-state index contributed by atoms with van der Waals surface area (Å²) in [6, 6.07) is 4.27. The Morgan fingerprint density at radius 3 is 2.68 bits per heavy atom. The van der Waals surface area contributed by atoms with Crippen LogP contribution in [0.15, 0.2) is 12.1 Å². The third-order valence-corrected chi connectivity index (χ3v) is 2.79. The van der Waals surface area contributed by atoms with E-state index < -0.39 is 12.6 Å². The van der Waals surface area contributed by atoms with Gasteiger partial charge in [-0.25, -0.2) is 4.79 Å². The van der Waals surface area contributed by atoms with Gasteiger partial charge in [-0.1, -0.05) is 15.9 Å². The number of carbonyl (C=O) groups is 1. The van der Waals surface area contributed by atoms with Gasteiger partial charge >= 0.3 is 12.6 Å². The van der Waals surface area contributed by atoms with Crippen molar-refractivity contribution in [2.24, 2.45) is 0 Å². The maximum atomic E-state index is 12.3. The number of alkyl halides is 3. The van der Waals surface area contributed by atoms with Crippen LogP contribution in [0.5, 0.6) is 5.75 Å². The van der Waals surface area contributed by atoms with E-state index >= 15 is 0 Å². The van der Waals surface area contributed by atoms with Crippen molar-refractivity contribution < 1.29 is 23.0 Å². The summed E-state index contributed by atoms with van der Waals surface area (Å²) in [5.74, 6) is -1.14. The first kappa shape index (κ1) is 15.4. The maximum absolute atomic E-state index is 12.3. The number of nitriles is 1. The minimum atomic E-state index is -3.09. The summed E-state index contributed by atoms with van der Waals surface area (Å²) in [7, 11) is 0. The monoisotopic (exact) mass is 333 g/mol. The van der Waals surface area contributed by atoms with Crippen molar-refractivity contribution in [2.45, 2.75) is 18.9 Å². The normalized spacial score (nSPS) is 10.1. The average molecular weight is 334 g/mol. The van der Waals surface area contributed by atoms with Crippen LogP contribution in [0.4, 0.5) is 8.78 Å². The number of carbonyl (C=O) groups excluding carboxylic acids is 1. The van der Waals surface area contributed by atoms with Gasteiger partial charge in [0.05, 0.1) is 18.2 Å². The first-order valence-electron chi connectivity index (χ1n) is 5.28. The highest BCUT2D eigenvalue weighted by Gasteiger charge is 2.20. The van der Waals surface area contributed by atoms with E-state index in [-0.39, 0.29) is 23.5 Å². The van der Waals surface area contributed by atoms with Crippen LogP contribution in [-0.4, -0.2) is 19.2 Å². The number of nitrogens with zero attached hydrogens (tertiary/aromatic N) is 1. The van der Waals surface area contributed by atoms with Gasteiger partial charge in [-0.05, 0) is 24.6 Å². The molecule has 1 aromatic rings. The fourth-order valence-electron chi connectivity index (χ4n) is 1.40. The van der Waals surface area contributed by atoms with E-state index in [1.54, 1.807) is 6.92 Å². The molecule has 7 heteroatoms. The van der Waals surface area contributed by atoms with Crippen LogP contribution in [0, 0.1) is 11.3 Å². The molecule has 102 valence electrons. The van der Waals surface area contributed by atoms with Crippen molar-refractivity contribution in [1.29, 1.82) is 5.26 Å². The fraction of sp³-hybridized carbons (Fsp3) is 0.333. The molecule has 0 N–H and O–H groups in total. The summed E-state index contributed by atoms with van der Waals surface area (Å²) in [5.41, 5.74) is 0.517. The smallest absolute Gasteiger partial charge is 0.387 e. The molecule has 1 aromatic carbocycles. The molecule has 0 fully saturated rings. The van der Waals surface area contributed by atoms with E-state index in [9.17, 15) is 13.6 Å². The lowest BCUT2D eigenvalue weighted by atomic mass is 10.0. The van der Waals surface area contributed by atoms with Gasteiger partial charge in [0.1, 0.15) is 11.3 Å². The van der Waals surface area contributed by atoms with Crippen molar-refractivity contribution in [2.75, 3.05) is 6.61 Å². The van der Waals surface area contributed by atoms with Gasteiger partial charge in [0.15, 0.2) is 0 Å². The van der Waals surface area contributed by atoms with Gasteiger partial charge < -0.3 is 9.47 Å². The lowest BCUT2D eigenvalue weighted by Crippen LogP contribution is -2.11. The third kappa shape index (κ3) is 3.89. The average Bonchev–Trinajstić information content (AvgIpc) is 2.37. The Labute approximate surface area is 117 Å². The third-order valence-electron chi connectivity index (χ3n) is 2.18. The predicted octanol–water partition coefficient (Wildman–Crippen LogP) is 3.23. The van der Waals surface area contributed by atoms with E-state index in [1.807, 2.05) is 6.07 Å². The van der Waals surface area contributed by atoms with Crippen LogP contribution in [0.25, 0.3) is 0 Å². The molecule has 1 rings (SSSR count). The molecule has 19 heavy (non-hydrogen) atoms. The van der Waals surface area contributed by atoms with Crippen LogP contribution in [-0.2, 0) is 10.1 Å². The van der Waals surface area contributed by atoms with Gasteiger partial charge in [-0.3, -0.25) is 0 Å². The van der Waals surface area contributed by atoms with Crippen LogP contribution < -0.4 is 4.74 Å². The van der Waals surface area contributed by atoms with Crippen LogP contribution in [0.1, 0.15) is 28.4 Å². The topological polar surface area (TPSA) is 59.3 Å². The summed E-state index contributed by atoms with van der Waals surface area (Å²) in [6.45, 7) is -1.38. The highest BCUT2D eigenvalue weighted by Crippen LogP contribution is 2.27. The summed E-state index contributed by atoms with van der Waals surface area (Å²) in [5, 5.41) is 9.21. The van der Waals surface area contributed by atoms with Crippen LogP contribution in [0.2, 0.25) is 0 Å². The molecule has 0 aromatic heterocycles. The van der Waals surface area contributed by atoms with Gasteiger partial charge in [-0.2, -0.15) is 14.0 Å². The van der Waals surface area contributed by atoms with Gasteiger partial charge in [0.2, 0.25) is 0 Å². The first-order valence-corrected chi connectivity index (χ1v) is 6.40. The number of halogens is 3. The van der Waals surface area contributed by atoms with E-state index in [2.05, 4.69) is 20.7 Å². The Morgan fingerprint density at radius 1 is 1.53 bits per heavy atom. The highest BCUT2D eigenvalue weighted by molar-refractivity contribution is 9.08. The zero-order chi connectivity index (χ0) is 14.4. The van der Waals surface area contributed by atoms with E-state index in [1.165, 1.54) is 6.07 Å². The molecule has 0 heterocycles. The van der Waals surface area contributed by atoms with Crippen molar-refractivity contribution in [3.8, 4) is 11.8 Å². The number of hydrogen-bond acceptors (Lipinski definition) is 4. The molecule has 0 unspecified atom stereocenters. The molecule has 0 atom stereocenters.